The second kappa shape index (κ2) is 5.51. The first-order chi connectivity index (χ1) is 5.07. The molecule has 0 bridgehead atoms. The van der Waals surface area contributed by atoms with Crippen LogP contribution in [0.1, 0.15) is 6.92 Å². The Labute approximate surface area is 73.3 Å². The highest BCUT2D eigenvalue weighted by Gasteiger charge is 2.19. The molecule has 1 saturated heterocycles. The summed E-state index contributed by atoms with van der Waals surface area (Å²) in [6.45, 7) is 2.51. The lowest BCUT2D eigenvalue weighted by molar-refractivity contribution is -0.135. The fourth-order valence-electron chi connectivity index (χ4n) is 0.173. The number of aliphatic hydroxyl groups is 1. The molecule has 1 aliphatic rings. The van der Waals surface area contributed by atoms with Crippen LogP contribution in [0, 0.1) is 0 Å². The molecule has 0 radical (unpaired) electrons. The standard InChI is InChI=1S/C3H5BrO2.C3H6O2/c1-2(4)3(5)6;4-1-3-2-5-3/h2H,1H3,(H,5,6);3-4H,1-2H2. The van der Waals surface area contributed by atoms with Gasteiger partial charge >= 0.3 is 5.97 Å². The highest BCUT2D eigenvalue weighted by Crippen LogP contribution is 2.04. The predicted octanol–water partition coefficient (Wildman–Crippen LogP) is 0.232. The fraction of sp³-hybridized carbons (Fsp3) is 0.833. The van der Waals surface area contributed by atoms with Crippen LogP contribution in [0.4, 0.5) is 0 Å². The van der Waals surface area contributed by atoms with Gasteiger partial charge in [-0.2, -0.15) is 0 Å². The Bertz CT molecular complexity index is 122. The zero-order chi connectivity index (χ0) is 8.85. The van der Waals surface area contributed by atoms with Gasteiger partial charge in [0.25, 0.3) is 0 Å². The Morgan fingerprint density at radius 1 is 1.91 bits per heavy atom. The largest absolute Gasteiger partial charge is 0.480 e. The summed E-state index contributed by atoms with van der Waals surface area (Å²) in [5, 5.41) is 16.0. The number of epoxide rings is 1. The molecule has 4 nitrogen and oxygen atoms in total. The van der Waals surface area contributed by atoms with E-state index in [1.807, 2.05) is 0 Å². The monoisotopic (exact) mass is 226 g/mol. The molecule has 0 aliphatic carbocycles. The van der Waals surface area contributed by atoms with Crippen molar-refractivity contribution in [2.75, 3.05) is 13.2 Å². The lowest BCUT2D eigenvalue weighted by Crippen LogP contribution is -2.06. The molecule has 1 rings (SSSR count). The van der Waals surface area contributed by atoms with E-state index in [9.17, 15) is 4.79 Å². The number of aliphatic carboxylic acids is 1. The average Bonchev–Trinajstić information content (AvgIpc) is 2.70. The van der Waals surface area contributed by atoms with Crippen molar-refractivity contribution < 1.29 is 19.7 Å². The van der Waals surface area contributed by atoms with E-state index in [0.29, 0.717) is 0 Å². The molecular weight excluding hydrogens is 216 g/mol. The van der Waals surface area contributed by atoms with Crippen molar-refractivity contribution in [3.63, 3.8) is 0 Å². The smallest absolute Gasteiger partial charge is 0.316 e. The third-order valence-electron chi connectivity index (χ3n) is 0.946. The molecule has 5 heteroatoms. The van der Waals surface area contributed by atoms with E-state index < -0.39 is 10.8 Å². The Kier molecular flexibility index (Phi) is 5.45. The van der Waals surface area contributed by atoms with Crippen LogP contribution in [0.15, 0.2) is 0 Å². The summed E-state index contributed by atoms with van der Waals surface area (Å²) >= 11 is 2.84. The molecule has 2 atom stereocenters. The minimum Gasteiger partial charge on any atom is -0.480 e. The quantitative estimate of drug-likeness (QED) is 0.523. The van der Waals surface area contributed by atoms with Gasteiger partial charge in [-0.05, 0) is 6.92 Å². The van der Waals surface area contributed by atoms with E-state index in [0.717, 1.165) is 6.61 Å². The van der Waals surface area contributed by atoms with Gasteiger partial charge in [-0.1, -0.05) is 15.9 Å². The lowest BCUT2D eigenvalue weighted by Gasteiger charge is -1.87. The molecule has 66 valence electrons. The van der Waals surface area contributed by atoms with Gasteiger partial charge in [-0.3, -0.25) is 4.79 Å². The van der Waals surface area contributed by atoms with Gasteiger partial charge in [0.2, 0.25) is 0 Å². The molecule has 2 N–H and O–H groups in total. The van der Waals surface area contributed by atoms with Gasteiger partial charge in [0, 0.05) is 0 Å². The molecule has 11 heavy (non-hydrogen) atoms. The molecule has 1 aliphatic heterocycles. The minimum atomic E-state index is -0.824. The maximum Gasteiger partial charge on any atom is 0.316 e. The maximum absolute atomic E-state index is 9.65. The number of hydrogen-bond acceptors (Lipinski definition) is 3. The number of aliphatic hydroxyl groups excluding tert-OH is 1. The van der Waals surface area contributed by atoms with Crippen molar-refractivity contribution in [2.24, 2.45) is 0 Å². The molecule has 1 fully saturated rings. The second-order valence-corrected chi connectivity index (χ2v) is 3.47. The van der Waals surface area contributed by atoms with Gasteiger partial charge in [0.1, 0.15) is 10.9 Å². The lowest BCUT2D eigenvalue weighted by atomic mass is 10.5. The van der Waals surface area contributed by atoms with Crippen LogP contribution in [-0.2, 0) is 9.53 Å². The minimum absolute atomic E-state index is 0.190. The number of alkyl halides is 1. The second-order valence-electron chi connectivity index (χ2n) is 2.09. The first-order valence-electron chi connectivity index (χ1n) is 3.17. The van der Waals surface area contributed by atoms with Crippen molar-refractivity contribution in [3.05, 3.63) is 0 Å². The zero-order valence-electron chi connectivity index (χ0n) is 6.16. The number of carbonyl (C=O) groups is 1. The molecule has 0 amide bonds. The van der Waals surface area contributed by atoms with Crippen molar-refractivity contribution in [2.45, 2.75) is 17.9 Å². The first-order valence-corrected chi connectivity index (χ1v) is 4.08. The molecule has 0 aromatic rings. The summed E-state index contributed by atoms with van der Waals surface area (Å²) in [7, 11) is 0. The summed E-state index contributed by atoms with van der Waals surface area (Å²) < 4.78 is 4.61. The molecule has 0 aromatic carbocycles. The van der Waals surface area contributed by atoms with Crippen LogP contribution in [0.3, 0.4) is 0 Å². The van der Waals surface area contributed by atoms with Crippen LogP contribution in [0.5, 0.6) is 0 Å². The Hall–Kier alpha value is -0.130. The van der Waals surface area contributed by atoms with E-state index in [4.69, 9.17) is 10.2 Å². The van der Waals surface area contributed by atoms with Crippen molar-refractivity contribution in [1.29, 1.82) is 0 Å². The van der Waals surface area contributed by atoms with Gasteiger partial charge in [0.15, 0.2) is 0 Å². The highest BCUT2D eigenvalue weighted by atomic mass is 79.9. The summed E-state index contributed by atoms with van der Waals surface area (Å²) in [5.74, 6) is -0.824. The Balaban J connectivity index is 0.000000183. The van der Waals surface area contributed by atoms with Crippen LogP contribution in [0.25, 0.3) is 0 Å². The van der Waals surface area contributed by atoms with Gasteiger partial charge in [-0.15, -0.1) is 0 Å². The van der Waals surface area contributed by atoms with E-state index in [-0.39, 0.29) is 12.7 Å². The number of ether oxygens (including phenoxy) is 1. The van der Waals surface area contributed by atoms with Crippen molar-refractivity contribution in [1.82, 2.24) is 0 Å². The van der Waals surface area contributed by atoms with Crippen LogP contribution < -0.4 is 0 Å². The molecule has 1 heterocycles. The fourth-order valence-corrected chi connectivity index (χ4v) is 0.173. The highest BCUT2D eigenvalue weighted by molar-refractivity contribution is 9.10. The predicted molar refractivity (Wildman–Crippen MR) is 42.9 cm³/mol. The molecule has 0 spiro atoms. The summed E-state index contributed by atoms with van der Waals surface area (Å²) in [4.78, 5) is 9.23. The number of hydrogen-bond donors (Lipinski definition) is 2. The van der Waals surface area contributed by atoms with E-state index >= 15 is 0 Å². The van der Waals surface area contributed by atoms with Crippen LogP contribution >= 0.6 is 15.9 Å². The van der Waals surface area contributed by atoms with Crippen molar-refractivity contribution >= 4 is 21.9 Å². The number of carboxylic acid groups (broad SMARTS) is 1. The molecule has 0 saturated carbocycles. The first kappa shape index (κ1) is 10.9. The number of halogens is 1. The third kappa shape index (κ3) is 7.77. The van der Waals surface area contributed by atoms with Gasteiger partial charge in [0.05, 0.1) is 13.2 Å². The van der Waals surface area contributed by atoms with Crippen molar-refractivity contribution in [3.8, 4) is 0 Å². The maximum atomic E-state index is 9.65. The SMILES string of the molecule is CC(Br)C(=O)O.OCC1CO1. The normalized spacial score (nSPS) is 23.0. The topological polar surface area (TPSA) is 70.1 Å². The zero-order valence-corrected chi connectivity index (χ0v) is 7.74. The average molecular weight is 227 g/mol. The number of rotatable bonds is 2. The van der Waals surface area contributed by atoms with E-state index in [1.165, 1.54) is 0 Å². The van der Waals surface area contributed by atoms with E-state index in [2.05, 4.69) is 20.7 Å². The summed E-state index contributed by atoms with van der Waals surface area (Å²) in [6, 6.07) is 0. The third-order valence-corrected chi connectivity index (χ3v) is 1.34. The molecule has 2 unspecified atom stereocenters. The van der Waals surface area contributed by atoms with Crippen LogP contribution in [0.2, 0.25) is 0 Å². The van der Waals surface area contributed by atoms with E-state index in [1.54, 1.807) is 6.92 Å². The molecule has 0 aromatic heterocycles. The van der Waals surface area contributed by atoms with Gasteiger partial charge in [-0.25, -0.2) is 0 Å². The summed E-state index contributed by atoms with van der Waals surface area (Å²) in [6.07, 6.45) is 0.190. The van der Waals surface area contributed by atoms with Gasteiger partial charge < -0.3 is 14.9 Å². The Morgan fingerprint density at radius 2 is 2.27 bits per heavy atom. The number of carboxylic acids is 1. The van der Waals surface area contributed by atoms with Crippen LogP contribution in [-0.4, -0.2) is 40.3 Å². The molecular formula is C6H11BrO4. The summed E-state index contributed by atoms with van der Waals surface area (Å²) in [5.41, 5.74) is 0. The Morgan fingerprint density at radius 3 is 2.27 bits per heavy atom.